The van der Waals surface area contributed by atoms with Crippen LogP contribution in [0.4, 0.5) is 0 Å². The Hall–Kier alpha value is -1.35. The first-order valence-electron chi connectivity index (χ1n) is 7.37. The van der Waals surface area contributed by atoms with Gasteiger partial charge in [0.05, 0.1) is 7.11 Å². The zero-order chi connectivity index (χ0) is 14.6. The summed E-state index contributed by atoms with van der Waals surface area (Å²) in [6, 6.07) is 5.62. The fourth-order valence-electron chi connectivity index (χ4n) is 3.09. The number of benzene rings is 1. The first-order chi connectivity index (χ1) is 9.63. The second-order valence-electron chi connectivity index (χ2n) is 5.62. The van der Waals surface area contributed by atoms with Crippen LogP contribution in [-0.2, 0) is 4.74 Å². The van der Waals surface area contributed by atoms with Gasteiger partial charge in [-0.25, -0.2) is 0 Å². The van der Waals surface area contributed by atoms with E-state index in [2.05, 4.69) is 0 Å². The highest BCUT2D eigenvalue weighted by atomic mass is 16.5. The Kier molecular flexibility index (Phi) is 4.81. The van der Waals surface area contributed by atoms with E-state index in [1.807, 2.05) is 25.1 Å². The van der Waals surface area contributed by atoms with Gasteiger partial charge in [0.1, 0.15) is 11.4 Å². The second-order valence-corrected chi connectivity index (χ2v) is 5.62. The summed E-state index contributed by atoms with van der Waals surface area (Å²) in [5.41, 5.74) is 1.08. The summed E-state index contributed by atoms with van der Waals surface area (Å²) in [6.07, 6.45) is 6.17. The molecule has 3 heteroatoms. The highest BCUT2D eigenvalue weighted by molar-refractivity contribution is 6.03. The average Bonchev–Trinajstić information content (AvgIpc) is 2.72. The van der Waals surface area contributed by atoms with E-state index in [0.29, 0.717) is 0 Å². The molecule has 2 rings (SSSR count). The third kappa shape index (κ3) is 2.88. The predicted molar refractivity (Wildman–Crippen MR) is 79.5 cm³/mol. The molecule has 0 unspecified atom stereocenters. The largest absolute Gasteiger partial charge is 0.497 e. The van der Waals surface area contributed by atoms with E-state index >= 15 is 0 Å². The normalized spacial score (nSPS) is 18.4. The molecule has 1 aromatic rings. The number of hydrogen-bond donors (Lipinski definition) is 0. The van der Waals surface area contributed by atoms with Crippen LogP contribution in [0.3, 0.4) is 0 Å². The molecule has 1 aromatic carbocycles. The lowest BCUT2D eigenvalue weighted by Crippen LogP contribution is -2.40. The van der Waals surface area contributed by atoms with Crippen molar-refractivity contribution in [1.82, 2.24) is 0 Å². The molecule has 20 heavy (non-hydrogen) atoms. The molecule has 110 valence electrons. The number of hydrogen-bond acceptors (Lipinski definition) is 3. The van der Waals surface area contributed by atoms with Crippen molar-refractivity contribution in [3.05, 3.63) is 29.3 Å². The van der Waals surface area contributed by atoms with E-state index < -0.39 is 5.60 Å². The Morgan fingerprint density at radius 1 is 1.10 bits per heavy atom. The topological polar surface area (TPSA) is 35.5 Å². The van der Waals surface area contributed by atoms with Crippen LogP contribution in [0.1, 0.15) is 54.4 Å². The maximum absolute atomic E-state index is 13.0. The van der Waals surface area contributed by atoms with E-state index in [0.717, 1.165) is 42.6 Å². The molecule has 0 bridgehead atoms. The quantitative estimate of drug-likeness (QED) is 0.617. The monoisotopic (exact) mass is 276 g/mol. The molecule has 1 saturated carbocycles. The third-order valence-corrected chi connectivity index (χ3v) is 4.39. The van der Waals surface area contributed by atoms with Crippen LogP contribution in [0.25, 0.3) is 0 Å². The zero-order valence-electron chi connectivity index (χ0n) is 12.7. The number of carbonyl (C=O) groups is 1. The van der Waals surface area contributed by atoms with Crippen LogP contribution >= 0.6 is 0 Å². The predicted octanol–water partition coefficient (Wildman–Crippen LogP) is 3.93. The number of ether oxygens (including phenoxy) is 2. The van der Waals surface area contributed by atoms with E-state index in [-0.39, 0.29) is 5.78 Å². The summed E-state index contributed by atoms with van der Waals surface area (Å²) in [5.74, 6) is 0.911. The smallest absolute Gasteiger partial charge is 0.194 e. The first kappa shape index (κ1) is 15.0. The minimum atomic E-state index is -0.629. The molecule has 3 nitrogen and oxygen atoms in total. The van der Waals surface area contributed by atoms with Crippen molar-refractivity contribution < 1.29 is 14.3 Å². The molecule has 0 saturated heterocycles. The van der Waals surface area contributed by atoms with Crippen molar-refractivity contribution in [3.63, 3.8) is 0 Å². The number of ketones is 1. The molecular formula is C17H24O3. The Labute approximate surface area is 121 Å². The summed E-state index contributed by atoms with van der Waals surface area (Å²) < 4.78 is 10.9. The van der Waals surface area contributed by atoms with Gasteiger partial charge in [0.25, 0.3) is 0 Å². The lowest BCUT2D eigenvalue weighted by Gasteiger charge is -2.30. The summed E-state index contributed by atoms with van der Waals surface area (Å²) in [5, 5.41) is 0. The lowest BCUT2D eigenvalue weighted by atomic mass is 9.84. The summed E-state index contributed by atoms with van der Waals surface area (Å²) >= 11 is 0. The molecule has 0 aromatic heterocycles. The molecule has 0 heterocycles. The third-order valence-electron chi connectivity index (χ3n) is 4.39. The first-order valence-corrected chi connectivity index (χ1v) is 7.37. The number of methoxy groups -OCH3 is 2. The van der Waals surface area contributed by atoms with Crippen LogP contribution in [0, 0.1) is 6.92 Å². The van der Waals surface area contributed by atoms with E-state index in [4.69, 9.17) is 9.47 Å². The molecule has 0 radical (unpaired) electrons. The van der Waals surface area contributed by atoms with Crippen molar-refractivity contribution in [2.24, 2.45) is 0 Å². The molecule has 0 spiro atoms. The van der Waals surface area contributed by atoms with Gasteiger partial charge in [0.15, 0.2) is 5.78 Å². The zero-order valence-corrected chi connectivity index (χ0v) is 12.7. The molecule has 0 N–H and O–H groups in total. The lowest BCUT2D eigenvalue weighted by molar-refractivity contribution is -0.00697. The molecule has 0 amide bonds. The van der Waals surface area contributed by atoms with Gasteiger partial charge in [-0.1, -0.05) is 25.7 Å². The van der Waals surface area contributed by atoms with Gasteiger partial charge in [-0.15, -0.1) is 0 Å². The second kappa shape index (κ2) is 6.40. The van der Waals surface area contributed by atoms with Crippen molar-refractivity contribution >= 4 is 5.78 Å². The maximum atomic E-state index is 13.0. The van der Waals surface area contributed by atoms with Crippen LogP contribution in [0.15, 0.2) is 18.2 Å². The Morgan fingerprint density at radius 3 is 2.25 bits per heavy atom. The number of aryl methyl sites for hydroxylation is 1. The summed E-state index contributed by atoms with van der Waals surface area (Å²) in [4.78, 5) is 13.0. The van der Waals surface area contributed by atoms with Gasteiger partial charge < -0.3 is 9.47 Å². The van der Waals surface area contributed by atoms with Gasteiger partial charge in [-0.2, -0.15) is 0 Å². The molecule has 0 atom stereocenters. The van der Waals surface area contributed by atoms with E-state index in [9.17, 15) is 4.79 Å². The maximum Gasteiger partial charge on any atom is 0.194 e. The van der Waals surface area contributed by atoms with Gasteiger partial charge in [-0.05, 0) is 43.5 Å². The van der Waals surface area contributed by atoms with Gasteiger partial charge in [-0.3, -0.25) is 4.79 Å². The average molecular weight is 276 g/mol. The standard InChI is InChI=1S/C17H24O3/c1-13-12-14(19-2)8-9-15(13)16(18)17(20-3)10-6-4-5-7-11-17/h8-9,12H,4-7,10-11H2,1-3H3. The Balaban J connectivity index is 2.32. The van der Waals surface area contributed by atoms with Gasteiger partial charge in [0, 0.05) is 12.7 Å². The molecule has 1 aliphatic rings. The van der Waals surface area contributed by atoms with Crippen molar-refractivity contribution in [2.75, 3.05) is 14.2 Å². The van der Waals surface area contributed by atoms with Gasteiger partial charge in [0.2, 0.25) is 0 Å². The minimum absolute atomic E-state index is 0.127. The fraction of sp³-hybridized carbons (Fsp3) is 0.588. The van der Waals surface area contributed by atoms with Crippen LogP contribution < -0.4 is 4.74 Å². The summed E-state index contributed by atoms with van der Waals surface area (Å²) in [7, 11) is 3.31. The highest BCUT2D eigenvalue weighted by Crippen LogP contribution is 2.34. The van der Waals surface area contributed by atoms with Crippen molar-refractivity contribution in [3.8, 4) is 5.75 Å². The Bertz CT molecular complexity index is 471. The van der Waals surface area contributed by atoms with Crippen molar-refractivity contribution in [1.29, 1.82) is 0 Å². The molecule has 1 fully saturated rings. The molecule has 1 aliphatic carbocycles. The SMILES string of the molecule is COc1ccc(C(=O)C2(OC)CCCCCC2)c(C)c1. The van der Waals surface area contributed by atoms with Crippen LogP contribution in [-0.4, -0.2) is 25.6 Å². The molecule has 0 aliphatic heterocycles. The number of carbonyl (C=O) groups excluding carboxylic acids is 1. The fourth-order valence-corrected chi connectivity index (χ4v) is 3.09. The van der Waals surface area contributed by atoms with Crippen LogP contribution in [0.5, 0.6) is 5.75 Å². The number of rotatable bonds is 4. The van der Waals surface area contributed by atoms with Crippen LogP contribution in [0.2, 0.25) is 0 Å². The van der Waals surface area contributed by atoms with E-state index in [1.165, 1.54) is 12.8 Å². The van der Waals surface area contributed by atoms with Crippen molar-refractivity contribution in [2.45, 2.75) is 51.0 Å². The summed E-state index contributed by atoms with van der Waals surface area (Å²) in [6.45, 7) is 1.95. The van der Waals surface area contributed by atoms with Gasteiger partial charge >= 0.3 is 0 Å². The highest BCUT2D eigenvalue weighted by Gasteiger charge is 2.39. The minimum Gasteiger partial charge on any atom is -0.497 e. The number of Topliss-reactive ketones (excluding diaryl/α,β-unsaturated/α-hetero) is 1. The molecular weight excluding hydrogens is 252 g/mol. The van der Waals surface area contributed by atoms with E-state index in [1.54, 1.807) is 14.2 Å². The Morgan fingerprint density at radius 2 is 1.75 bits per heavy atom.